The van der Waals surface area contributed by atoms with Crippen LogP contribution in [0.5, 0.6) is 0 Å². The second-order valence-corrected chi connectivity index (χ2v) is 6.25. The first-order chi connectivity index (χ1) is 9.81. The van der Waals surface area contributed by atoms with Gasteiger partial charge in [-0.1, -0.05) is 0 Å². The Kier molecular flexibility index (Phi) is 4.02. The van der Waals surface area contributed by atoms with Crippen LogP contribution in [-0.4, -0.2) is 8.42 Å². The summed E-state index contributed by atoms with van der Waals surface area (Å²) in [5, 5.41) is 17.0. The highest BCUT2D eigenvalue weighted by Gasteiger charge is 2.13. The van der Waals surface area contributed by atoms with Crippen LogP contribution in [0.25, 0.3) is 0 Å². The summed E-state index contributed by atoms with van der Waals surface area (Å²) in [7, 11) is -3.75. The molecule has 1 aromatic carbocycles. The molecule has 0 saturated carbocycles. The molecule has 0 amide bonds. The maximum Gasteiger partial charge on any atom is 0.238 e. The highest BCUT2D eigenvalue weighted by atomic mass is 32.2. The zero-order chi connectivity index (χ0) is 15.6. The Bertz CT molecular complexity index is 816. The molecule has 0 aliphatic carbocycles. The van der Waals surface area contributed by atoms with Crippen LogP contribution in [0, 0.1) is 25.2 Å². The van der Waals surface area contributed by atoms with Crippen LogP contribution in [0.2, 0.25) is 0 Å². The van der Waals surface area contributed by atoms with Crippen LogP contribution < -0.4 is 10.5 Å². The third kappa shape index (κ3) is 3.42. The molecule has 1 heterocycles. The van der Waals surface area contributed by atoms with Gasteiger partial charge in [-0.3, -0.25) is 0 Å². The molecule has 6 nitrogen and oxygen atoms in total. The summed E-state index contributed by atoms with van der Waals surface area (Å²) in [5.74, 6) is 0.822. The van der Waals surface area contributed by atoms with Crippen molar-refractivity contribution in [1.29, 1.82) is 5.26 Å². The zero-order valence-corrected chi connectivity index (χ0v) is 12.5. The first-order valence-corrected chi connectivity index (χ1v) is 7.72. The number of nitriles is 1. The van der Waals surface area contributed by atoms with Crippen molar-refractivity contribution in [2.24, 2.45) is 5.14 Å². The summed E-state index contributed by atoms with van der Waals surface area (Å²) < 4.78 is 28.2. The minimum atomic E-state index is -3.75. The van der Waals surface area contributed by atoms with Gasteiger partial charge in [-0.2, -0.15) is 5.26 Å². The lowest BCUT2D eigenvalue weighted by Crippen LogP contribution is -2.13. The number of sulfonamides is 1. The molecule has 0 aliphatic heterocycles. The Balaban J connectivity index is 2.27. The van der Waals surface area contributed by atoms with Crippen molar-refractivity contribution in [3.8, 4) is 6.07 Å². The molecule has 0 radical (unpaired) electrons. The van der Waals surface area contributed by atoms with Gasteiger partial charge in [-0.25, -0.2) is 13.6 Å². The second kappa shape index (κ2) is 5.60. The van der Waals surface area contributed by atoms with E-state index in [1.165, 1.54) is 12.1 Å². The molecule has 2 rings (SSSR count). The quantitative estimate of drug-likeness (QED) is 0.898. The van der Waals surface area contributed by atoms with Crippen molar-refractivity contribution < 1.29 is 12.8 Å². The van der Waals surface area contributed by atoms with Crippen molar-refractivity contribution in [3.05, 3.63) is 46.9 Å². The van der Waals surface area contributed by atoms with Gasteiger partial charge >= 0.3 is 0 Å². The van der Waals surface area contributed by atoms with E-state index >= 15 is 0 Å². The lowest BCUT2D eigenvalue weighted by Gasteiger charge is -2.12. The van der Waals surface area contributed by atoms with Gasteiger partial charge in [0, 0.05) is 5.69 Å². The smallest absolute Gasteiger partial charge is 0.238 e. The summed E-state index contributed by atoms with van der Waals surface area (Å²) in [4.78, 5) is 0.0604. The lowest BCUT2D eigenvalue weighted by atomic mass is 10.1. The Morgan fingerprint density at radius 3 is 2.62 bits per heavy atom. The van der Waals surface area contributed by atoms with Gasteiger partial charge in [0.15, 0.2) is 0 Å². The molecular weight excluding hydrogens is 290 g/mol. The van der Waals surface area contributed by atoms with Crippen molar-refractivity contribution >= 4 is 15.7 Å². The molecule has 0 fully saturated rings. The molecule has 0 unspecified atom stereocenters. The van der Waals surface area contributed by atoms with Crippen molar-refractivity contribution in [1.82, 2.24) is 0 Å². The van der Waals surface area contributed by atoms with Crippen molar-refractivity contribution in [2.75, 3.05) is 5.32 Å². The Hall–Kier alpha value is -2.30. The van der Waals surface area contributed by atoms with Gasteiger partial charge in [-0.15, -0.1) is 0 Å². The van der Waals surface area contributed by atoms with Crippen molar-refractivity contribution in [3.63, 3.8) is 0 Å². The fourth-order valence-electron chi connectivity index (χ4n) is 1.89. The molecule has 21 heavy (non-hydrogen) atoms. The maximum absolute atomic E-state index is 11.5. The average molecular weight is 305 g/mol. The maximum atomic E-state index is 11.5. The van der Waals surface area contributed by atoms with E-state index in [0.717, 1.165) is 11.1 Å². The monoisotopic (exact) mass is 305 g/mol. The Labute approximate surface area is 123 Å². The van der Waals surface area contributed by atoms with Crippen LogP contribution in [0.1, 0.15) is 22.6 Å². The molecule has 0 aliphatic rings. The molecule has 2 aromatic rings. The minimum Gasteiger partial charge on any atom is -0.449 e. The number of furan rings is 1. The molecule has 3 N–H and O–H groups in total. The topological polar surface area (TPSA) is 109 Å². The minimum absolute atomic E-state index is 0.0604. The van der Waals surface area contributed by atoms with Crippen LogP contribution in [-0.2, 0) is 16.6 Å². The van der Waals surface area contributed by atoms with E-state index in [-0.39, 0.29) is 10.7 Å². The van der Waals surface area contributed by atoms with Gasteiger partial charge in [0.2, 0.25) is 15.8 Å². The van der Waals surface area contributed by atoms with Gasteiger partial charge < -0.3 is 9.73 Å². The Morgan fingerprint density at radius 2 is 2.05 bits per heavy atom. The van der Waals surface area contributed by atoms with Gasteiger partial charge in [0.25, 0.3) is 0 Å². The normalized spacial score (nSPS) is 11.1. The molecule has 0 saturated heterocycles. The number of rotatable bonds is 4. The molecule has 0 spiro atoms. The van der Waals surface area contributed by atoms with E-state index in [9.17, 15) is 8.42 Å². The molecule has 110 valence electrons. The molecule has 0 bridgehead atoms. The van der Waals surface area contributed by atoms with E-state index in [1.807, 2.05) is 19.9 Å². The van der Waals surface area contributed by atoms with Gasteiger partial charge in [0.1, 0.15) is 11.8 Å². The predicted molar refractivity (Wildman–Crippen MR) is 78.0 cm³/mol. The first-order valence-electron chi connectivity index (χ1n) is 6.18. The van der Waals surface area contributed by atoms with E-state index in [2.05, 4.69) is 5.32 Å². The molecule has 0 atom stereocenters. The first kappa shape index (κ1) is 15.1. The van der Waals surface area contributed by atoms with Crippen LogP contribution in [0.3, 0.4) is 0 Å². The number of primary sulfonamides is 1. The van der Waals surface area contributed by atoms with E-state index < -0.39 is 10.0 Å². The van der Waals surface area contributed by atoms with E-state index in [1.54, 1.807) is 12.1 Å². The Morgan fingerprint density at radius 1 is 1.33 bits per heavy atom. The number of nitrogens with two attached hydrogens (primary N) is 1. The molecular formula is C14H15N3O3S. The average Bonchev–Trinajstić information content (AvgIpc) is 2.87. The lowest BCUT2D eigenvalue weighted by molar-refractivity contribution is 0.506. The second-order valence-electron chi connectivity index (χ2n) is 4.69. The number of aryl methyl sites for hydroxylation is 1. The number of nitrogens with one attached hydrogen (secondary N) is 1. The summed E-state index contributed by atoms with van der Waals surface area (Å²) in [5.41, 5.74) is 2.41. The highest BCUT2D eigenvalue weighted by Crippen LogP contribution is 2.24. The van der Waals surface area contributed by atoms with Gasteiger partial charge in [-0.05, 0) is 49.2 Å². The van der Waals surface area contributed by atoms with Crippen LogP contribution in [0.15, 0.2) is 33.6 Å². The number of nitrogens with zero attached hydrogens (tertiary/aromatic N) is 1. The standard InChI is InChI=1S/C14H15N3O3S/c1-9-5-13(21(16,18)19)6-14(10(9)2)17-8-12-4-3-11(7-15)20-12/h3-6,17H,8H2,1-2H3,(H2,16,18,19). The predicted octanol–water partition coefficient (Wildman–Crippen LogP) is 2.03. The largest absolute Gasteiger partial charge is 0.449 e. The summed E-state index contributed by atoms with van der Waals surface area (Å²) in [6.07, 6.45) is 0. The highest BCUT2D eigenvalue weighted by molar-refractivity contribution is 7.89. The summed E-state index contributed by atoms with van der Waals surface area (Å²) in [6.45, 7) is 4.04. The zero-order valence-electron chi connectivity index (χ0n) is 11.7. The number of hydrogen-bond acceptors (Lipinski definition) is 5. The van der Waals surface area contributed by atoms with E-state index in [4.69, 9.17) is 14.8 Å². The fraction of sp³-hybridized carbons (Fsp3) is 0.214. The van der Waals surface area contributed by atoms with Gasteiger partial charge in [0.05, 0.1) is 11.4 Å². The third-order valence-electron chi connectivity index (χ3n) is 3.19. The summed E-state index contributed by atoms with van der Waals surface area (Å²) in [6, 6.07) is 8.21. The molecule has 7 heteroatoms. The SMILES string of the molecule is Cc1cc(S(N)(=O)=O)cc(NCc2ccc(C#N)o2)c1C. The van der Waals surface area contributed by atoms with E-state index in [0.29, 0.717) is 18.0 Å². The van der Waals surface area contributed by atoms with Crippen LogP contribution in [0.4, 0.5) is 5.69 Å². The fourth-order valence-corrected chi connectivity index (χ4v) is 2.51. The third-order valence-corrected chi connectivity index (χ3v) is 4.09. The number of anilines is 1. The van der Waals surface area contributed by atoms with Crippen LogP contribution >= 0.6 is 0 Å². The number of hydrogen-bond donors (Lipinski definition) is 2. The van der Waals surface area contributed by atoms with Crippen molar-refractivity contribution in [2.45, 2.75) is 25.3 Å². The summed E-state index contributed by atoms with van der Waals surface area (Å²) >= 11 is 0. The number of benzene rings is 1. The molecule has 1 aromatic heterocycles.